The minimum atomic E-state index is 0.131. The lowest BCUT2D eigenvalue weighted by Gasteiger charge is -2.17. The lowest BCUT2D eigenvalue weighted by atomic mass is 10.0. The number of rotatable bonds is 7. The molecular formula is C17H25N3O. The van der Waals surface area contributed by atoms with Crippen molar-refractivity contribution in [2.24, 2.45) is 0 Å². The Bertz CT molecular complexity index is 563. The highest BCUT2D eigenvalue weighted by Crippen LogP contribution is 2.25. The first-order chi connectivity index (χ1) is 10.1. The average Bonchev–Trinajstić information content (AvgIpc) is 2.88. The molecule has 0 bridgehead atoms. The van der Waals surface area contributed by atoms with Gasteiger partial charge in [-0.15, -0.1) is 0 Å². The maximum atomic E-state index is 5.78. The summed E-state index contributed by atoms with van der Waals surface area (Å²) in [6.07, 6.45) is 5.32. The number of nitrogens with one attached hydrogen (secondary N) is 1. The van der Waals surface area contributed by atoms with Crippen molar-refractivity contribution in [1.29, 1.82) is 0 Å². The summed E-state index contributed by atoms with van der Waals surface area (Å²) < 4.78 is 7.77. The molecule has 21 heavy (non-hydrogen) atoms. The van der Waals surface area contributed by atoms with Gasteiger partial charge < -0.3 is 10.1 Å². The van der Waals surface area contributed by atoms with Crippen LogP contribution in [0, 0.1) is 0 Å². The second kappa shape index (κ2) is 7.27. The Balaban J connectivity index is 2.23. The van der Waals surface area contributed by atoms with Gasteiger partial charge in [0.25, 0.3) is 0 Å². The molecule has 0 amide bonds. The molecule has 0 aliphatic rings. The molecule has 0 fully saturated rings. The van der Waals surface area contributed by atoms with Crippen LogP contribution in [0.25, 0.3) is 0 Å². The normalized spacial score (nSPS) is 12.6. The number of ether oxygens (including phenoxy) is 1. The van der Waals surface area contributed by atoms with Crippen molar-refractivity contribution in [3.05, 3.63) is 47.8 Å². The topological polar surface area (TPSA) is 39.1 Å². The Morgan fingerprint density at radius 2 is 2.10 bits per heavy atom. The van der Waals surface area contributed by atoms with Crippen LogP contribution in [-0.2, 0) is 6.54 Å². The molecular weight excluding hydrogens is 262 g/mol. The lowest BCUT2D eigenvalue weighted by Crippen LogP contribution is -2.17. The molecule has 0 radical (unpaired) electrons. The van der Waals surface area contributed by atoms with E-state index in [1.165, 1.54) is 11.1 Å². The second-order valence-electron chi connectivity index (χ2n) is 5.50. The van der Waals surface area contributed by atoms with E-state index in [2.05, 4.69) is 35.7 Å². The number of hydrogen-bond acceptors (Lipinski definition) is 3. The minimum Gasteiger partial charge on any atom is -0.491 e. The maximum Gasteiger partial charge on any atom is 0.120 e. The smallest absolute Gasteiger partial charge is 0.120 e. The van der Waals surface area contributed by atoms with Gasteiger partial charge in [-0.25, -0.2) is 0 Å². The van der Waals surface area contributed by atoms with Crippen LogP contribution in [0.15, 0.2) is 36.7 Å². The highest BCUT2D eigenvalue weighted by atomic mass is 16.5. The quantitative estimate of drug-likeness (QED) is 0.848. The van der Waals surface area contributed by atoms with Crippen LogP contribution in [0.1, 0.15) is 44.4 Å². The Morgan fingerprint density at radius 3 is 2.76 bits per heavy atom. The summed E-state index contributed by atoms with van der Waals surface area (Å²) in [5.41, 5.74) is 2.36. The Hall–Kier alpha value is -1.81. The average molecular weight is 287 g/mol. The summed E-state index contributed by atoms with van der Waals surface area (Å²) in [6, 6.07) is 8.38. The summed E-state index contributed by atoms with van der Waals surface area (Å²) in [5.74, 6) is 0.906. The van der Waals surface area contributed by atoms with Crippen LogP contribution in [0.5, 0.6) is 5.75 Å². The molecule has 4 heteroatoms. The standard InChI is InChI=1S/C17H25N3O/c1-5-9-20-12-15(11-19-20)17(18-4)14-7-6-8-16(10-14)21-13(2)3/h6-8,10-13,17-18H,5,9H2,1-4H3. The van der Waals surface area contributed by atoms with Crippen LogP contribution >= 0.6 is 0 Å². The van der Waals surface area contributed by atoms with Gasteiger partial charge in [0.05, 0.1) is 18.3 Å². The van der Waals surface area contributed by atoms with Crippen molar-refractivity contribution < 1.29 is 4.74 Å². The van der Waals surface area contributed by atoms with E-state index in [1.54, 1.807) is 0 Å². The van der Waals surface area contributed by atoms with Crippen LogP contribution < -0.4 is 10.1 Å². The van der Waals surface area contributed by atoms with E-state index in [0.717, 1.165) is 18.7 Å². The molecule has 0 aliphatic carbocycles. The van der Waals surface area contributed by atoms with Gasteiger partial charge in [0.15, 0.2) is 0 Å². The summed E-state index contributed by atoms with van der Waals surface area (Å²) in [7, 11) is 1.97. The van der Waals surface area contributed by atoms with E-state index >= 15 is 0 Å². The molecule has 114 valence electrons. The third-order valence-corrected chi connectivity index (χ3v) is 3.29. The molecule has 1 heterocycles. The Kier molecular flexibility index (Phi) is 5.39. The van der Waals surface area contributed by atoms with E-state index < -0.39 is 0 Å². The number of aromatic nitrogens is 2. The molecule has 0 spiro atoms. The van der Waals surface area contributed by atoms with Crippen LogP contribution in [0.3, 0.4) is 0 Å². The van der Waals surface area contributed by atoms with Crippen molar-refractivity contribution >= 4 is 0 Å². The number of hydrogen-bond donors (Lipinski definition) is 1. The third-order valence-electron chi connectivity index (χ3n) is 3.29. The van der Waals surface area contributed by atoms with Gasteiger partial charge >= 0.3 is 0 Å². The van der Waals surface area contributed by atoms with E-state index in [4.69, 9.17) is 4.74 Å². The summed E-state index contributed by atoms with van der Waals surface area (Å²) in [5, 5.41) is 7.78. The van der Waals surface area contributed by atoms with Crippen LogP contribution in [-0.4, -0.2) is 22.9 Å². The minimum absolute atomic E-state index is 0.131. The molecule has 1 unspecified atom stereocenters. The highest BCUT2D eigenvalue weighted by Gasteiger charge is 2.15. The number of aryl methyl sites for hydroxylation is 1. The van der Waals surface area contributed by atoms with Crippen molar-refractivity contribution in [3.8, 4) is 5.75 Å². The summed E-state index contributed by atoms with van der Waals surface area (Å²) in [4.78, 5) is 0. The molecule has 0 saturated carbocycles. The van der Waals surface area contributed by atoms with Crippen molar-refractivity contribution in [2.75, 3.05) is 7.05 Å². The van der Waals surface area contributed by atoms with Gasteiger partial charge in [-0.1, -0.05) is 19.1 Å². The molecule has 0 aliphatic heterocycles. The molecule has 2 rings (SSSR count). The molecule has 0 saturated heterocycles. The van der Waals surface area contributed by atoms with Gasteiger partial charge in [-0.2, -0.15) is 5.10 Å². The van der Waals surface area contributed by atoms with E-state index in [1.807, 2.05) is 43.9 Å². The van der Waals surface area contributed by atoms with E-state index in [0.29, 0.717) is 0 Å². The molecule has 2 aromatic rings. The molecule has 4 nitrogen and oxygen atoms in total. The van der Waals surface area contributed by atoms with Crippen molar-refractivity contribution in [3.63, 3.8) is 0 Å². The molecule has 1 aromatic heterocycles. The monoisotopic (exact) mass is 287 g/mol. The zero-order chi connectivity index (χ0) is 15.2. The number of nitrogens with zero attached hydrogens (tertiary/aromatic N) is 2. The molecule has 1 aromatic carbocycles. The largest absolute Gasteiger partial charge is 0.491 e. The SMILES string of the molecule is CCCn1cc(C(NC)c2cccc(OC(C)C)c2)cn1. The zero-order valence-electron chi connectivity index (χ0n) is 13.3. The van der Waals surface area contributed by atoms with E-state index in [-0.39, 0.29) is 12.1 Å². The van der Waals surface area contributed by atoms with Gasteiger partial charge in [0.1, 0.15) is 5.75 Å². The van der Waals surface area contributed by atoms with Gasteiger partial charge in [0.2, 0.25) is 0 Å². The predicted molar refractivity (Wildman–Crippen MR) is 85.6 cm³/mol. The summed E-state index contributed by atoms with van der Waals surface area (Å²) >= 11 is 0. The van der Waals surface area contributed by atoms with Crippen LogP contribution in [0.2, 0.25) is 0 Å². The van der Waals surface area contributed by atoms with Crippen molar-refractivity contribution in [2.45, 2.75) is 45.9 Å². The Morgan fingerprint density at radius 1 is 1.29 bits per heavy atom. The number of benzene rings is 1. The van der Waals surface area contributed by atoms with E-state index in [9.17, 15) is 0 Å². The van der Waals surface area contributed by atoms with Gasteiger partial charge in [-0.3, -0.25) is 4.68 Å². The molecule has 1 atom stereocenters. The van der Waals surface area contributed by atoms with Crippen molar-refractivity contribution in [1.82, 2.24) is 15.1 Å². The van der Waals surface area contributed by atoms with Gasteiger partial charge in [-0.05, 0) is 45.0 Å². The zero-order valence-corrected chi connectivity index (χ0v) is 13.3. The Labute approximate surface area is 127 Å². The second-order valence-corrected chi connectivity index (χ2v) is 5.50. The van der Waals surface area contributed by atoms with Crippen LogP contribution in [0.4, 0.5) is 0 Å². The van der Waals surface area contributed by atoms with Gasteiger partial charge in [0, 0.05) is 18.3 Å². The highest BCUT2D eigenvalue weighted by molar-refractivity contribution is 5.35. The predicted octanol–water partition coefficient (Wildman–Crippen LogP) is 3.39. The third kappa shape index (κ3) is 4.08. The fraction of sp³-hybridized carbons (Fsp3) is 0.471. The first kappa shape index (κ1) is 15.6. The summed E-state index contributed by atoms with van der Waals surface area (Å²) in [6.45, 7) is 7.19. The fourth-order valence-electron chi connectivity index (χ4n) is 2.45. The lowest BCUT2D eigenvalue weighted by molar-refractivity contribution is 0.242. The first-order valence-corrected chi connectivity index (χ1v) is 7.60. The molecule has 1 N–H and O–H groups in total. The maximum absolute atomic E-state index is 5.78. The fourth-order valence-corrected chi connectivity index (χ4v) is 2.45. The first-order valence-electron chi connectivity index (χ1n) is 7.60.